The normalized spacial score (nSPS) is 29.7. The number of rotatable bonds is 36. The van der Waals surface area contributed by atoms with Crippen LogP contribution in [0.1, 0.15) is 168 Å². The minimum Gasteiger partial charge on any atom is -0.394 e. The number of carbonyl (C=O) groups is 2. The second-order valence-electron chi connectivity index (χ2n) is 18.7. The average molecular weight is 973 g/mol. The Bertz CT molecular complexity index is 1490. The van der Waals surface area contributed by atoms with Gasteiger partial charge in [-0.05, 0) is 77.0 Å². The molecular weight excluding hydrogens is 885 g/mol. The molecule has 2 heterocycles. The van der Waals surface area contributed by atoms with Gasteiger partial charge in [0, 0.05) is 12.8 Å². The van der Waals surface area contributed by atoms with Crippen LogP contribution in [0.4, 0.5) is 0 Å². The van der Waals surface area contributed by atoms with E-state index in [0.717, 1.165) is 70.6 Å². The van der Waals surface area contributed by atoms with Crippen molar-refractivity contribution in [1.82, 2.24) is 0 Å². The lowest BCUT2D eigenvalue weighted by Crippen LogP contribution is -2.92. The third-order valence-corrected chi connectivity index (χ3v) is 13.4. The first-order valence-corrected chi connectivity index (χ1v) is 25.3. The Hall–Kier alpha value is -2.30. The maximum Gasteiger partial charge on any atom is 0.234 e. The SMILES string of the molecule is CCCCC/C=C/C/C=C/CCCCCCCC(=O)C(O)C(O)(C(=O)CCCCCCC/C=C/C/C=C/CCCCC)C(O)([C@@]1(O)O[C@H](CO)[C@H](O)[C@H](O)[C@H]1O)[C@@]1(O)O[C@H](CO)[C@H](O)[C@H](O)[C@H]1O. The van der Waals surface area contributed by atoms with Gasteiger partial charge in [0.05, 0.1) is 13.2 Å². The van der Waals surface area contributed by atoms with Crippen LogP contribution in [0.5, 0.6) is 0 Å². The number of Topliss-reactive ketones (excluding diaryl/α,β-unsaturated/α-hetero) is 2. The van der Waals surface area contributed by atoms with Crippen molar-refractivity contribution in [2.24, 2.45) is 0 Å². The number of ketones is 2. The summed E-state index contributed by atoms with van der Waals surface area (Å²) in [5, 5.41) is 148. The van der Waals surface area contributed by atoms with Crippen molar-refractivity contribution < 1.29 is 85.4 Å². The molecule has 2 aliphatic heterocycles. The van der Waals surface area contributed by atoms with E-state index in [1.54, 1.807) is 0 Å². The Balaban J connectivity index is 2.39. The van der Waals surface area contributed by atoms with Crippen LogP contribution in [0.15, 0.2) is 48.6 Å². The van der Waals surface area contributed by atoms with Crippen LogP contribution < -0.4 is 0 Å². The van der Waals surface area contributed by atoms with Crippen molar-refractivity contribution in [2.75, 3.05) is 13.2 Å². The first kappa shape index (κ1) is 61.8. The second-order valence-corrected chi connectivity index (χ2v) is 18.7. The summed E-state index contributed by atoms with van der Waals surface area (Å²) < 4.78 is 10.6. The lowest BCUT2D eigenvalue weighted by Gasteiger charge is -2.63. The first-order chi connectivity index (χ1) is 32.4. The number of carbonyl (C=O) groups excluding carboxylic acids is 2. The topological polar surface area (TPSA) is 316 Å². The Morgan fingerprint density at radius 1 is 0.515 bits per heavy atom. The Kier molecular flexibility index (Phi) is 29.0. The van der Waals surface area contributed by atoms with Gasteiger partial charge in [0.15, 0.2) is 23.3 Å². The summed E-state index contributed by atoms with van der Waals surface area (Å²) in [6.45, 7) is 1.74. The zero-order valence-corrected chi connectivity index (χ0v) is 40.6. The van der Waals surface area contributed by atoms with Crippen LogP contribution >= 0.6 is 0 Å². The minimum atomic E-state index is -4.68. The molecule has 0 aromatic rings. The van der Waals surface area contributed by atoms with Gasteiger partial charge >= 0.3 is 0 Å². The number of hydrogen-bond donors (Lipinski definition) is 13. The first-order valence-electron chi connectivity index (χ1n) is 25.3. The predicted octanol–water partition coefficient (Wildman–Crippen LogP) is 2.90. The Morgan fingerprint density at radius 2 is 0.853 bits per heavy atom. The summed E-state index contributed by atoms with van der Waals surface area (Å²) in [5.74, 6) is -11.6. The van der Waals surface area contributed by atoms with Gasteiger partial charge in [0.2, 0.25) is 17.2 Å². The van der Waals surface area contributed by atoms with Crippen LogP contribution in [-0.2, 0) is 19.1 Å². The molecule has 2 unspecified atom stereocenters. The third-order valence-electron chi connectivity index (χ3n) is 13.4. The summed E-state index contributed by atoms with van der Waals surface area (Å²) in [5.41, 5.74) is -8.97. The maximum atomic E-state index is 14.6. The van der Waals surface area contributed by atoms with Crippen LogP contribution in [0.2, 0.25) is 0 Å². The second kappa shape index (κ2) is 31.9. The number of hydrogen-bond acceptors (Lipinski definition) is 17. The Labute approximate surface area is 403 Å². The maximum absolute atomic E-state index is 14.6. The molecule has 2 fully saturated rings. The molecule has 0 aliphatic carbocycles. The van der Waals surface area contributed by atoms with Crippen molar-refractivity contribution in [3.05, 3.63) is 48.6 Å². The fourth-order valence-electron chi connectivity index (χ4n) is 9.03. The highest BCUT2D eigenvalue weighted by atomic mass is 16.7. The lowest BCUT2D eigenvalue weighted by molar-refractivity contribution is -0.502. The molecular formula is C51H88O17. The molecule has 0 aromatic carbocycles. The molecule has 2 aliphatic rings. The van der Waals surface area contributed by atoms with E-state index in [2.05, 4.69) is 62.5 Å². The monoisotopic (exact) mass is 973 g/mol. The highest BCUT2D eigenvalue weighted by Crippen LogP contribution is 2.53. The largest absolute Gasteiger partial charge is 0.394 e. The molecule has 0 radical (unpaired) electrons. The third kappa shape index (κ3) is 16.1. The molecule has 394 valence electrons. The molecule has 0 spiro atoms. The van der Waals surface area contributed by atoms with Gasteiger partial charge in [-0.15, -0.1) is 0 Å². The van der Waals surface area contributed by atoms with Gasteiger partial charge in [0.1, 0.15) is 48.8 Å². The fourth-order valence-corrected chi connectivity index (χ4v) is 9.03. The van der Waals surface area contributed by atoms with E-state index in [9.17, 15) is 76.0 Å². The summed E-state index contributed by atoms with van der Waals surface area (Å²) in [6, 6.07) is 0. The standard InChI is InChI=1S/C51H88O17/c1-3-5-7-9-11-13-15-17-19-21-23-25-27-29-31-33-37(54)45(60)48(63,40(55)34-32-30-28-26-24-22-20-18-16-14-12-10-8-6-4-2)51(66,49(64)46(61)43(58)41(56)38(35-52)67-49)50(65)47(62)44(59)42(57)39(36-53)68-50/h11-14,17-20,38-39,41-47,52-53,56-66H,3-10,15-16,21-36H2,1-2H3/b13-11+,14-12+,19-17+,20-18+/t38-,39-,41+,42+,43+,44+,45?,46-,47-,48?,49+,50+/m1/s1. The highest BCUT2D eigenvalue weighted by Gasteiger charge is 2.85. The van der Waals surface area contributed by atoms with Crippen molar-refractivity contribution in [3.63, 3.8) is 0 Å². The number of ether oxygens (including phenoxy) is 2. The number of unbranched alkanes of at least 4 members (excludes halogenated alkanes) is 16. The van der Waals surface area contributed by atoms with Gasteiger partial charge in [-0.3, -0.25) is 9.59 Å². The fraction of sp³-hybridized carbons (Fsp3) is 0.804. The molecule has 13 N–H and O–H groups in total. The van der Waals surface area contributed by atoms with E-state index < -0.39 is 115 Å². The van der Waals surface area contributed by atoms with Gasteiger partial charge in [0.25, 0.3) is 0 Å². The summed E-state index contributed by atoms with van der Waals surface area (Å²) >= 11 is 0. The van der Waals surface area contributed by atoms with Crippen LogP contribution in [0, 0.1) is 0 Å². The summed E-state index contributed by atoms with van der Waals surface area (Å²) in [6.07, 6.45) is 9.79. The molecule has 0 aromatic heterocycles. The molecule has 0 saturated carbocycles. The smallest absolute Gasteiger partial charge is 0.234 e. The van der Waals surface area contributed by atoms with Crippen LogP contribution in [0.25, 0.3) is 0 Å². The number of aliphatic hydroxyl groups is 13. The van der Waals surface area contributed by atoms with Gasteiger partial charge in [-0.2, -0.15) is 0 Å². The summed E-state index contributed by atoms with van der Waals surface area (Å²) in [7, 11) is 0. The van der Waals surface area contributed by atoms with Gasteiger partial charge in [-0.1, -0.05) is 127 Å². The molecule has 68 heavy (non-hydrogen) atoms. The molecule has 17 heteroatoms. The minimum absolute atomic E-state index is 0.0768. The molecule has 2 saturated heterocycles. The van der Waals surface area contributed by atoms with E-state index in [1.165, 1.54) is 32.1 Å². The van der Waals surface area contributed by atoms with Crippen molar-refractivity contribution in [1.29, 1.82) is 0 Å². The lowest BCUT2D eigenvalue weighted by atomic mass is 9.59. The molecule has 0 bridgehead atoms. The van der Waals surface area contributed by atoms with E-state index in [4.69, 9.17) is 9.47 Å². The van der Waals surface area contributed by atoms with Crippen LogP contribution in [0.3, 0.4) is 0 Å². The highest BCUT2D eigenvalue weighted by molar-refractivity contribution is 5.97. The van der Waals surface area contributed by atoms with Crippen molar-refractivity contribution in [2.45, 2.75) is 246 Å². The molecule has 0 amide bonds. The van der Waals surface area contributed by atoms with E-state index in [0.29, 0.717) is 25.7 Å². The molecule has 12 atom stereocenters. The summed E-state index contributed by atoms with van der Waals surface area (Å²) in [4.78, 5) is 28.6. The average Bonchev–Trinajstić information content (AvgIpc) is 3.33. The zero-order chi connectivity index (χ0) is 50.8. The number of aliphatic hydroxyl groups excluding tert-OH is 9. The van der Waals surface area contributed by atoms with Crippen molar-refractivity contribution >= 4 is 11.6 Å². The van der Waals surface area contributed by atoms with Gasteiger partial charge < -0.3 is 75.9 Å². The van der Waals surface area contributed by atoms with E-state index in [-0.39, 0.29) is 12.8 Å². The Morgan fingerprint density at radius 3 is 1.22 bits per heavy atom. The predicted molar refractivity (Wildman–Crippen MR) is 254 cm³/mol. The molecule has 2 rings (SSSR count). The number of allylic oxidation sites excluding steroid dienone is 8. The zero-order valence-electron chi connectivity index (χ0n) is 40.6. The van der Waals surface area contributed by atoms with E-state index in [1.807, 2.05) is 0 Å². The quantitative estimate of drug-likeness (QED) is 0.0317. The van der Waals surface area contributed by atoms with Crippen LogP contribution in [-0.4, -0.2) is 169 Å². The van der Waals surface area contributed by atoms with E-state index >= 15 is 0 Å². The molecule has 17 nitrogen and oxygen atoms in total. The van der Waals surface area contributed by atoms with Crippen molar-refractivity contribution in [3.8, 4) is 0 Å². The van der Waals surface area contributed by atoms with Gasteiger partial charge in [-0.25, -0.2) is 0 Å².